The second-order valence-corrected chi connectivity index (χ2v) is 10.8. The molecule has 30 heavy (non-hydrogen) atoms. The molecule has 0 aliphatic carbocycles. The molecule has 1 amide bonds. The average molecular weight is 446 g/mol. The minimum Gasteiger partial charge on any atom is -0.313 e. The maximum atomic E-state index is 13.8. The largest absolute Gasteiger partial charge is 0.313 e. The highest BCUT2D eigenvalue weighted by Gasteiger charge is 2.38. The Morgan fingerprint density at radius 1 is 1.27 bits per heavy atom. The van der Waals surface area contributed by atoms with Crippen LogP contribution in [0, 0.1) is 5.82 Å². The highest BCUT2D eigenvalue weighted by molar-refractivity contribution is 7.56. The van der Waals surface area contributed by atoms with Crippen LogP contribution in [0.15, 0.2) is 48.5 Å². The number of fused-ring (bicyclic) bond motifs is 1. The van der Waals surface area contributed by atoms with E-state index in [1.807, 2.05) is 30.3 Å². The Balaban J connectivity index is 1.57. The molecule has 1 aliphatic heterocycles. The van der Waals surface area contributed by atoms with Gasteiger partial charge >= 0.3 is 7.52 Å². The smallest absolute Gasteiger partial charge is 0.302 e. The number of hydrogen-bond acceptors (Lipinski definition) is 5. The lowest BCUT2D eigenvalue weighted by Gasteiger charge is -2.30. The summed E-state index contributed by atoms with van der Waals surface area (Å²) in [5.41, 5.74) is 1.50. The van der Waals surface area contributed by atoms with Gasteiger partial charge in [-0.2, -0.15) is 0 Å². The van der Waals surface area contributed by atoms with E-state index in [-0.39, 0.29) is 36.8 Å². The third-order valence-corrected chi connectivity index (χ3v) is 9.05. The lowest BCUT2D eigenvalue weighted by molar-refractivity contribution is -0.126. The van der Waals surface area contributed by atoms with Gasteiger partial charge in [0.2, 0.25) is 5.91 Å². The lowest BCUT2D eigenvalue weighted by Crippen LogP contribution is -2.29. The number of carbonyl (C=O) groups is 1. The van der Waals surface area contributed by atoms with E-state index in [9.17, 15) is 13.8 Å². The first-order valence-corrected chi connectivity index (χ1v) is 12.7. The third kappa shape index (κ3) is 4.48. The van der Waals surface area contributed by atoms with Gasteiger partial charge in [-0.15, -0.1) is 11.3 Å². The first-order valence-electron chi connectivity index (χ1n) is 10.1. The van der Waals surface area contributed by atoms with Crippen LogP contribution >= 0.6 is 18.9 Å². The van der Waals surface area contributed by atoms with E-state index in [0.717, 1.165) is 21.7 Å². The van der Waals surface area contributed by atoms with Gasteiger partial charge in [0.1, 0.15) is 5.82 Å². The number of halogens is 1. The predicted molar refractivity (Wildman–Crippen MR) is 117 cm³/mol. The molecular weight excluding hydrogens is 422 g/mol. The van der Waals surface area contributed by atoms with Crippen molar-refractivity contribution in [3.63, 3.8) is 0 Å². The maximum absolute atomic E-state index is 13.8. The van der Waals surface area contributed by atoms with Crippen LogP contribution in [0.1, 0.15) is 42.7 Å². The van der Waals surface area contributed by atoms with Gasteiger partial charge in [0, 0.05) is 24.9 Å². The number of amides is 1. The summed E-state index contributed by atoms with van der Waals surface area (Å²) in [6.07, 6.45) is 1.92. The molecule has 0 spiro atoms. The van der Waals surface area contributed by atoms with Crippen LogP contribution in [0.3, 0.4) is 0 Å². The molecule has 4 rings (SSSR count). The number of benzene rings is 2. The Labute approximate surface area is 179 Å². The predicted octanol–water partition coefficient (Wildman–Crippen LogP) is 5.96. The normalized spacial score (nSPS) is 19.6. The number of aromatic nitrogens is 1. The summed E-state index contributed by atoms with van der Waals surface area (Å²) in [6, 6.07) is 14.0. The molecule has 158 valence electrons. The minimum absolute atomic E-state index is 0.0604. The molecule has 1 aliphatic rings. The number of carbonyl (C=O) groups excluding carboxylic acids is 1. The van der Waals surface area contributed by atoms with Gasteiger partial charge in [0.05, 0.1) is 28.0 Å². The average Bonchev–Trinajstić information content (AvgIpc) is 3.03. The summed E-state index contributed by atoms with van der Waals surface area (Å²) in [4.78, 5) is 17.7. The second-order valence-electron chi connectivity index (χ2n) is 7.42. The number of thiazole rings is 1. The fraction of sp³-hybridized carbons (Fsp3) is 0.364. The number of hydrogen-bond donors (Lipinski definition) is 0. The molecule has 3 aromatic rings. The van der Waals surface area contributed by atoms with E-state index in [4.69, 9.17) is 4.52 Å². The summed E-state index contributed by atoms with van der Waals surface area (Å²) in [5, 5.41) is 0.833. The van der Waals surface area contributed by atoms with Gasteiger partial charge in [-0.25, -0.2) is 9.37 Å². The molecule has 1 saturated heterocycles. The van der Waals surface area contributed by atoms with Gasteiger partial charge in [-0.05, 0) is 37.5 Å². The number of rotatable bonds is 6. The highest BCUT2D eigenvalue weighted by Crippen LogP contribution is 2.55. The monoisotopic (exact) mass is 446 g/mol. The van der Waals surface area contributed by atoms with Crippen LogP contribution < -0.4 is 0 Å². The Morgan fingerprint density at radius 3 is 2.83 bits per heavy atom. The summed E-state index contributed by atoms with van der Waals surface area (Å²) in [6.45, 7) is 2.47. The number of nitrogens with zero attached hydrogens (tertiary/aromatic N) is 2. The molecular formula is C22H24FN2O3PS. The summed E-state index contributed by atoms with van der Waals surface area (Å²) in [5.74, 6) is -0.550. The van der Waals surface area contributed by atoms with E-state index in [1.54, 1.807) is 13.0 Å². The quantitative estimate of drug-likeness (QED) is 0.438. The van der Waals surface area contributed by atoms with E-state index in [2.05, 4.69) is 4.98 Å². The second kappa shape index (κ2) is 8.96. The van der Waals surface area contributed by atoms with E-state index in [0.29, 0.717) is 18.5 Å². The highest BCUT2D eigenvalue weighted by atomic mass is 32.1. The van der Waals surface area contributed by atoms with Crippen LogP contribution in [0.5, 0.6) is 0 Å². The van der Waals surface area contributed by atoms with Crippen LogP contribution in [0.2, 0.25) is 0 Å². The van der Waals surface area contributed by atoms with Crippen molar-refractivity contribution in [3.05, 3.63) is 64.9 Å². The van der Waals surface area contributed by atoms with Gasteiger partial charge in [0.25, 0.3) is 0 Å². The van der Waals surface area contributed by atoms with Crippen molar-refractivity contribution in [2.45, 2.75) is 38.3 Å². The van der Waals surface area contributed by atoms with Crippen LogP contribution in [-0.4, -0.2) is 28.7 Å². The first kappa shape index (κ1) is 21.2. The Morgan fingerprint density at radius 2 is 2.07 bits per heavy atom. The molecule has 1 aromatic heterocycles. The maximum Gasteiger partial charge on any atom is 0.302 e. The molecule has 0 radical (unpaired) electrons. The minimum atomic E-state index is -3.34. The van der Waals surface area contributed by atoms with Gasteiger partial charge in [-0.3, -0.25) is 14.0 Å². The summed E-state index contributed by atoms with van der Waals surface area (Å²) >= 11 is 1.50. The molecule has 0 bridgehead atoms. The first-order chi connectivity index (χ1) is 14.5. The van der Waals surface area contributed by atoms with E-state index in [1.165, 1.54) is 28.1 Å². The van der Waals surface area contributed by atoms with Crippen molar-refractivity contribution >= 4 is 35.0 Å². The van der Waals surface area contributed by atoms with Crippen molar-refractivity contribution in [2.24, 2.45) is 0 Å². The SMILES string of the molecule is CCOP(=O)(Cc1ccccc1)N1CCCC(c2nc3cc(F)ccc3s2)CC1=O. The van der Waals surface area contributed by atoms with Crippen LogP contribution in [0.25, 0.3) is 10.2 Å². The standard InChI is InChI=1S/C22H24FN2O3PS/c1-2-28-29(27,15-16-7-4-3-5-8-16)25-12-6-9-17(13-21(25)26)22-24-19-14-18(23)10-11-20(19)30-22/h3-5,7-8,10-11,14,17H,2,6,9,12-13,15H2,1H3. The fourth-order valence-electron chi connectivity index (χ4n) is 3.87. The summed E-state index contributed by atoms with van der Waals surface area (Å²) in [7, 11) is -3.34. The van der Waals surface area contributed by atoms with E-state index >= 15 is 0 Å². The topological polar surface area (TPSA) is 59.5 Å². The molecule has 2 heterocycles. The fourth-order valence-corrected chi connectivity index (χ4v) is 7.30. The Bertz CT molecular complexity index is 1090. The Hall–Kier alpha value is -2.08. The molecule has 1 fully saturated rings. The van der Waals surface area contributed by atoms with Crippen molar-refractivity contribution < 1.29 is 18.3 Å². The lowest BCUT2D eigenvalue weighted by atomic mass is 10.0. The van der Waals surface area contributed by atoms with Crippen LogP contribution in [0.4, 0.5) is 4.39 Å². The molecule has 5 nitrogen and oxygen atoms in total. The molecule has 8 heteroatoms. The van der Waals surface area contributed by atoms with Crippen molar-refractivity contribution in [2.75, 3.05) is 13.2 Å². The van der Waals surface area contributed by atoms with Gasteiger partial charge in [0.15, 0.2) is 0 Å². The molecule has 0 saturated carbocycles. The molecule has 2 unspecified atom stereocenters. The van der Waals surface area contributed by atoms with Gasteiger partial charge < -0.3 is 4.52 Å². The zero-order chi connectivity index (χ0) is 21.1. The summed E-state index contributed by atoms with van der Waals surface area (Å²) < 4.78 is 35.3. The zero-order valence-corrected chi connectivity index (χ0v) is 18.5. The zero-order valence-electron chi connectivity index (χ0n) is 16.8. The third-order valence-electron chi connectivity index (χ3n) is 5.27. The Kier molecular flexibility index (Phi) is 6.32. The van der Waals surface area contributed by atoms with E-state index < -0.39 is 7.52 Å². The van der Waals surface area contributed by atoms with Crippen molar-refractivity contribution in [3.8, 4) is 0 Å². The van der Waals surface area contributed by atoms with Gasteiger partial charge in [-0.1, -0.05) is 30.3 Å². The van der Waals surface area contributed by atoms with Crippen molar-refractivity contribution in [1.29, 1.82) is 0 Å². The molecule has 0 N–H and O–H groups in total. The molecule has 2 atom stereocenters. The molecule has 2 aromatic carbocycles. The van der Waals surface area contributed by atoms with Crippen molar-refractivity contribution in [1.82, 2.24) is 9.65 Å². The van der Waals surface area contributed by atoms with Crippen LogP contribution in [-0.2, 0) is 20.0 Å².